The van der Waals surface area contributed by atoms with E-state index in [1.807, 2.05) is 35.0 Å². The summed E-state index contributed by atoms with van der Waals surface area (Å²) in [5.41, 5.74) is 3.31. The Bertz CT molecular complexity index is 934. The highest BCUT2D eigenvalue weighted by molar-refractivity contribution is 5.80. The van der Waals surface area contributed by atoms with Crippen LogP contribution in [0.2, 0.25) is 0 Å². The van der Waals surface area contributed by atoms with Gasteiger partial charge in [-0.05, 0) is 43.5 Å². The third kappa shape index (κ3) is 3.20. The molecule has 1 N–H and O–H groups in total. The summed E-state index contributed by atoms with van der Waals surface area (Å²) in [6.07, 6.45) is 8.06. The zero-order valence-corrected chi connectivity index (χ0v) is 16.0. The van der Waals surface area contributed by atoms with Crippen LogP contribution in [0.15, 0.2) is 60.9 Å². The molecule has 144 valence electrons. The summed E-state index contributed by atoms with van der Waals surface area (Å²) in [7, 11) is 0. The van der Waals surface area contributed by atoms with E-state index in [1.54, 1.807) is 0 Å². The molecule has 1 aromatic carbocycles. The molecule has 5 nitrogen and oxygen atoms in total. The number of benzene rings is 1. The molecule has 0 spiro atoms. The highest BCUT2D eigenvalue weighted by Crippen LogP contribution is 2.44. The van der Waals surface area contributed by atoms with Gasteiger partial charge in [-0.15, -0.1) is 0 Å². The number of nitrogens with one attached hydrogen (secondary N) is 1. The van der Waals surface area contributed by atoms with Crippen molar-refractivity contribution >= 4 is 11.6 Å². The summed E-state index contributed by atoms with van der Waals surface area (Å²) >= 11 is 0. The van der Waals surface area contributed by atoms with Crippen molar-refractivity contribution in [2.45, 2.75) is 37.8 Å². The van der Waals surface area contributed by atoms with Gasteiger partial charge in [-0.2, -0.15) is 0 Å². The van der Waals surface area contributed by atoms with Crippen molar-refractivity contribution in [3.63, 3.8) is 0 Å². The lowest BCUT2D eigenvalue weighted by molar-refractivity contribution is -0.125. The molecule has 0 aliphatic carbocycles. The van der Waals surface area contributed by atoms with Gasteiger partial charge in [-0.3, -0.25) is 9.69 Å². The van der Waals surface area contributed by atoms with E-state index in [9.17, 15) is 4.79 Å². The number of pyridine rings is 1. The number of carbonyl (C=O) groups is 1. The number of carbonyl (C=O) groups excluding carboxylic acids is 1. The number of aromatic nitrogens is 2. The minimum Gasteiger partial charge on any atom is -0.355 e. The van der Waals surface area contributed by atoms with Gasteiger partial charge in [0.25, 0.3) is 0 Å². The van der Waals surface area contributed by atoms with Crippen molar-refractivity contribution in [2.75, 3.05) is 13.1 Å². The Hall–Kier alpha value is -2.66. The van der Waals surface area contributed by atoms with Gasteiger partial charge >= 0.3 is 0 Å². The first-order valence-corrected chi connectivity index (χ1v) is 10.3. The molecule has 2 aliphatic heterocycles. The number of fused-ring (bicyclic) bond motifs is 2. The van der Waals surface area contributed by atoms with E-state index in [0.29, 0.717) is 18.6 Å². The summed E-state index contributed by atoms with van der Waals surface area (Å²) in [6.45, 7) is 1.75. The first-order valence-electron chi connectivity index (χ1n) is 10.3. The van der Waals surface area contributed by atoms with Crippen molar-refractivity contribution in [3.8, 4) is 0 Å². The van der Waals surface area contributed by atoms with E-state index in [0.717, 1.165) is 37.1 Å². The second-order valence-electron chi connectivity index (χ2n) is 7.96. The Labute approximate surface area is 165 Å². The third-order valence-corrected chi connectivity index (χ3v) is 6.30. The molecule has 2 aromatic heterocycles. The van der Waals surface area contributed by atoms with Crippen molar-refractivity contribution in [1.29, 1.82) is 0 Å². The largest absolute Gasteiger partial charge is 0.355 e. The number of hydrogen-bond acceptors (Lipinski definition) is 3. The van der Waals surface area contributed by atoms with Crippen LogP contribution < -0.4 is 5.32 Å². The predicted octanol–water partition coefficient (Wildman–Crippen LogP) is 3.22. The summed E-state index contributed by atoms with van der Waals surface area (Å²) in [6, 6.07) is 17.4. The monoisotopic (exact) mass is 374 g/mol. The average molecular weight is 374 g/mol. The van der Waals surface area contributed by atoms with Crippen LogP contribution in [0.5, 0.6) is 0 Å². The van der Waals surface area contributed by atoms with E-state index >= 15 is 0 Å². The van der Waals surface area contributed by atoms with Crippen LogP contribution in [0.4, 0.5) is 0 Å². The molecule has 1 amide bonds. The van der Waals surface area contributed by atoms with Gasteiger partial charge in [-0.25, -0.2) is 4.98 Å². The SMILES string of the molecule is O=C(NCCc1cn2ccccc2n1)[C@@H]1C[C@H](c2ccccc2)N2CCC[C@@H]12. The summed E-state index contributed by atoms with van der Waals surface area (Å²) in [5.74, 6) is 0.299. The Kier molecular flexibility index (Phi) is 4.61. The number of nitrogens with zero attached hydrogens (tertiary/aromatic N) is 3. The van der Waals surface area contributed by atoms with E-state index in [4.69, 9.17) is 0 Å². The number of imidazole rings is 1. The predicted molar refractivity (Wildman–Crippen MR) is 109 cm³/mol. The first kappa shape index (κ1) is 17.4. The lowest BCUT2D eigenvalue weighted by Gasteiger charge is -2.24. The molecule has 2 saturated heterocycles. The van der Waals surface area contributed by atoms with Crippen LogP contribution in [0.25, 0.3) is 5.65 Å². The van der Waals surface area contributed by atoms with E-state index in [2.05, 4.69) is 45.5 Å². The molecule has 0 bridgehead atoms. The lowest BCUT2D eigenvalue weighted by atomic mass is 9.93. The zero-order chi connectivity index (χ0) is 18.9. The summed E-state index contributed by atoms with van der Waals surface area (Å²) in [5, 5.41) is 3.19. The van der Waals surface area contributed by atoms with E-state index < -0.39 is 0 Å². The molecule has 0 saturated carbocycles. The minimum atomic E-state index is 0.0915. The highest BCUT2D eigenvalue weighted by atomic mass is 16.2. The molecular formula is C23H26N4O. The van der Waals surface area contributed by atoms with Crippen LogP contribution in [-0.2, 0) is 11.2 Å². The molecule has 0 radical (unpaired) electrons. The van der Waals surface area contributed by atoms with E-state index in [1.165, 1.54) is 12.0 Å². The maximum Gasteiger partial charge on any atom is 0.224 e. The molecule has 3 aromatic rings. The molecule has 3 atom stereocenters. The van der Waals surface area contributed by atoms with Crippen LogP contribution in [0, 0.1) is 5.92 Å². The summed E-state index contributed by atoms with van der Waals surface area (Å²) < 4.78 is 2.02. The number of rotatable bonds is 5. The Morgan fingerprint density at radius 1 is 1.14 bits per heavy atom. The quantitative estimate of drug-likeness (QED) is 0.746. The fraction of sp³-hybridized carbons (Fsp3) is 0.391. The molecular weight excluding hydrogens is 348 g/mol. The fourth-order valence-electron chi connectivity index (χ4n) is 5.00. The highest BCUT2D eigenvalue weighted by Gasteiger charge is 2.46. The van der Waals surface area contributed by atoms with Crippen LogP contribution in [0.3, 0.4) is 0 Å². The van der Waals surface area contributed by atoms with E-state index in [-0.39, 0.29) is 11.8 Å². The van der Waals surface area contributed by atoms with Gasteiger partial charge in [0.1, 0.15) is 5.65 Å². The van der Waals surface area contributed by atoms with Gasteiger partial charge in [0.15, 0.2) is 0 Å². The van der Waals surface area contributed by atoms with Crippen molar-refractivity contribution in [3.05, 3.63) is 72.2 Å². The fourth-order valence-corrected chi connectivity index (χ4v) is 5.00. The van der Waals surface area contributed by atoms with Gasteiger partial charge in [-0.1, -0.05) is 36.4 Å². The zero-order valence-electron chi connectivity index (χ0n) is 16.0. The first-order chi connectivity index (χ1) is 13.8. The number of amides is 1. The van der Waals surface area contributed by atoms with Crippen molar-refractivity contribution in [1.82, 2.24) is 19.6 Å². The van der Waals surface area contributed by atoms with Gasteiger partial charge < -0.3 is 9.72 Å². The smallest absolute Gasteiger partial charge is 0.224 e. The molecule has 5 heteroatoms. The topological polar surface area (TPSA) is 49.6 Å². The third-order valence-electron chi connectivity index (χ3n) is 6.30. The van der Waals surface area contributed by atoms with Gasteiger partial charge in [0.05, 0.1) is 11.6 Å². The molecule has 2 fully saturated rings. The van der Waals surface area contributed by atoms with Crippen LogP contribution in [-0.4, -0.2) is 39.3 Å². The van der Waals surface area contributed by atoms with Gasteiger partial charge in [0, 0.05) is 37.4 Å². The van der Waals surface area contributed by atoms with Gasteiger partial charge in [0.2, 0.25) is 5.91 Å². The van der Waals surface area contributed by atoms with Crippen molar-refractivity contribution in [2.24, 2.45) is 5.92 Å². The summed E-state index contributed by atoms with van der Waals surface area (Å²) in [4.78, 5) is 20.1. The maximum absolute atomic E-state index is 13.0. The Morgan fingerprint density at radius 2 is 2.00 bits per heavy atom. The van der Waals surface area contributed by atoms with Crippen LogP contribution >= 0.6 is 0 Å². The second kappa shape index (κ2) is 7.40. The maximum atomic E-state index is 13.0. The molecule has 2 aliphatic rings. The molecule has 5 rings (SSSR count). The Balaban J connectivity index is 1.22. The number of hydrogen-bond donors (Lipinski definition) is 1. The molecule has 4 heterocycles. The molecule has 28 heavy (non-hydrogen) atoms. The standard InChI is InChI=1S/C23H26N4O/c28-23(24-12-11-18-16-26-13-5-4-10-22(26)25-18)19-15-21(17-7-2-1-3-8-17)27-14-6-9-20(19)27/h1-5,7-8,10,13,16,19-21H,6,9,11-12,14-15H2,(H,24,28)/t19-,20+,21-/m1/s1. The average Bonchev–Trinajstić information content (AvgIpc) is 3.43. The minimum absolute atomic E-state index is 0.0915. The lowest BCUT2D eigenvalue weighted by Crippen LogP contribution is -2.38. The van der Waals surface area contributed by atoms with Crippen molar-refractivity contribution < 1.29 is 4.79 Å². The normalized spacial score (nSPS) is 24.5. The second-order valence-corrected chi connectivity index (χ2v) is 7.96. The van der Waals surface area contributed by atoms with Crippen LogP contribution in [0.1, 0.15) is 36.6 Å². The Morgan fingerprint density at radius 3 is 2.86 bits per heavy atom. The molecule has 0 unspecified atom stereocenters.